The molecule has 0 unspecified atom stereocenters. The van der Waals surface area contributed by atoms with Crippen LogP contribution in [0.25, 0.3) is 0 Å². The van der Waals surface area contributed by atoms with Crippen LogP contribution >= 0.6 is 0 Å². The number of aryl methyl sites for hydroxylation is 1. The van der Waals surface area contributed by atoms with E-state index in [-0.39, 0.29) is 11.8 Å². The smallest absolute Gasteiger partial charge is 0.299 e. The number of amides is 1. The van der Waals surface area contributed by atoms with Crippen LogP contribution in [0.3, 0.4) is 0 Å². The van der Waals surface area contributed by atoms with Crippen LogP contribution < -0.4 is 0 Å². The second-order valence-corrected chi connectivity index (χ2v) is 6.84. The lowest BCUT2D eigenvalue weighted by molar-refractivity contribution is 0.0993. The van der Waals surface area contributed by atoms with Crippen molar-refractivity contribution in [3.63, 3.8) is 0 Å². The molecule has 1 atom stereocenters. The van der Waals surface area contributed by atoms with E-state index in [2.05, 4.69) is 31.9 Å². The number of imidazole rings is 1. The van der Waals surface area contributed by atoms with Crippen molar-refractivity contribution >= 4 is 11.6 Å². The highest BCUT2D eigenvalue weighted by Gasteiger charge is 2.30. The van der Waals surface area contributed by atoms with E-state index >= 15 is 0 Å². The van der Waals surface area contributed by atoms with Gasteiger partial charge in [-0.2, -0.15) is 0 Å². The van der Waals surface area contributed by atoms with Gasteiger partial charge in [0.25, 0.3) is 5.91 Å². The third-order valence-corrected chi connectivity index (χ3v) is 4.77. The molecule has 4 rings (SSSR count). The van der Waals surface area contributed by atoms with E-state index in [9.17, 15) is 4.79 Å². The lowest BCUT2D eigenvalue weighted by Crippen LogP contribution is -2.21. The second-order valence-electron chi connectivity index (χ2n) is 6.84. The molecule has 1 aliphatic heterocycles. The zero-order chi connectivity index (χ0) is 16.7. The molecule has 7 heteroatoms. The highest BCUT2D eigenvalue weighted by molar-refractivity contribution is 6.04. The minimum Gasteiger partial charge on any atom is -0.360 e. The number of H-pyrrole nitrogens is 1. The highest BCUT2D eigenvalue weighted by atomic mass is 16.5. The van der Waals surface area contributed by atoms with E-state index in [4.69, 9.17) is 4.52 Å². The first-order valence-electron chi connectivity index (χ1n) is 8.39. The molecule has 2 aromatic rings. The van der Waals surface area contributed by atoms with Crippen molar-refractivity contribution in [3.8, 4) is 0 Å². The third-order valence-electron chi connectivity index (χ3n) is 4.77. The zero-order valence-electron chi connectivity index (χ0n) is 14.0. The Kier molecular flexibility index (Phi) is 3.80. The Morgan fingerprint density at radius 1 is 1.50 bits per heavy atom. The number of carbonyl (C=O) groups is 1. The lowest BCUT2D eigenvalue weighted by Gasteiger charge is -2.12. The molecule has 2 aromatic heterocycles. The first-order valence-corrected chi connectivity index (χ1v) is 8.39. The van der Waals surface area contributed by atoms with Crippen molar-refractivity contribution in [3.05, 3.63) is 35.2 Å². The summed E-state index contributed by atoms with van der Waals surface area (Å²) < 4.78 is 5.24. The molecule has 2 fully saturated rings. The Bertz CT molecular complexity index is 787. The number of aromatic nitrogens is 3. The van der Waals surface area contributed by atoms with Gasteiger partial charge in [0.1, 0.15) is 5.76 Å². The summed E-state index contributed by atoms with van der Waals surface area (Å²) in [7, 11) is 0. The number of nitrogens with one attached hydrogen (secondary N) is 1. The molecule has 7 nitrogen and oxygen atoms in total. The lowest BCUT2D eigenvalue weighted by atomic mass is 10.1. The zero-order valence-corrected chi connectivity index (χ0v) is 14.0. The van der Waals surface area contributed by atoms with Crippen molar-refractivity contribution in [2.24, 2.45) is 10.9 Å². The number of aliphatic imine (C=N–C) groups is 1. The average Bonchev–Trinajstić information content (AvgIpc) is 2.98. The monoisotopic (exact) mass is 327 g/mol. The number of likely N-dealkylation sites (tertiary alicyclic amines) is 1. The molecular weight excluding hydrogens is 306 g/mol. The van der Waals surface area contributed by atoms with E-state index in [1.807, 2.05) is 6.92 Å². The molecule has 1 amide bonds. The van der Waals surface area contributed by atoms with Crippen LogP contribution in [-0.4, -0.2) is 44.7 Å². The number of rotatable bonds is 4. The summed E-state index contributed by atoms with van der Waals surface area (Å²) in [6, 6.07) is 1.74. The van der Waals surface area contributed by atoms with Crippen LogP contribution in [0.1, 0.15) is 53.3 Å². The van der Waals surface area contributed by atoms with Crippen LogP contribution in [0.5, 0.6) is 0 Å². The van der Waals surface area contributed by atoms with Gasteiger partial charge in [-0.15, -0.1) is 0 Å². The topological polar surface area (TPSA) is 87.4 Å². The minimum absolute atomic E-state index is 0.253. The predicted molar refractivity (Wildman–Crippen MR) is 88.0 cm³/mol. The SMILES string of the molecule is Cc1[nH]cnc1CN1CC(=NC(=O)c2cc(C3CC3)on2)[C@@H](C)C1. The second kappa shape index (κ2) is 5.98. The van der Waals surface area contributed by atoms with Gasteiger partial charge in [-0.3, -0.25) is 9.69 Å². The van der Waals surface area contributed by atoms with Gasteiger partial charge in [-0.05, 0) is 19.8 Å². The molecule has 0 aromatic carbocycles. The van der Waals surface area contributed by atoms with Gasteiger partial charge in [0.05, 0.1) is 12.0 Å². The number of nitrogens with zero attached hydrogens (tertiary/aromatic N) is 4. The normalized spacial score (nSPS) is 23.2. The fraction of sp³-hybridized carbons (Fsp3) is 0.529. The predicted octanol–water partition coefficient (Wildman–Crippen LogP) is 2.32. The molecule has 0 bridgehead atoms. The Hall–Kier alpha value is -2.28. The Labute approximate surface area is 140 Å². The molecule has 1 saturated heterocycles. The summed E-state index contributed by atoms with van der Waals surface area (Å²) in [5.41, 5.74) is 3.35. The third kappa shape index (κ3) is 3.03. The average molecular weight is 327 g/mol. The first kappa shape index (κ1) is 15.3. The van der Waals surface area contributed by atoms with Crippen molar-refractivity contribution in [1.29, 1.82) is 0 Å². The molecular formula is C17H21N5O2. The van der Waals surface area contributed by atoms with Crippen molar-refractivity contribution in [2.45, 2.75) is 39.2 Å². The number of hydrogen-bond donors (Lipinski definition) is 1. The van der Waals surface area contributed by atoms with Crippen LogP contribution in [0, 0.1) is 12.8 Å². The standard InChI is InChI=1S/C17H21N5O2/c1-10-6-22(8-15-11(2)18-9-19-15)7-14(10)20-17(23)13-5-16(24-21-13)12-3-4-12/h5,9-10,12H,3-4,6-8H2,1-2H3,(H,18,19)/t10-/m0/s1. The maximum atomic E-state index is 12.3. The van der Waals surface area contributed by atoms with Crippen LogP contribution in [-0.2, 0) is 6.54 Å². The van der Waals surface area contributed by atoms with Gasteiger partial charge < -0.3 is 9.51 Å². The van der Waals surface area contributed by atoms with E-state index in [1.54, 1.807) is 12.4 Å². The fourth-order valence-electron chi connectivity index (χ4n) is 3.10. The number of aromatic amines is 1. The molecule has 0 radical (unpaired) electrons. The summed E-state index contributed by atoms with van der Waals surface area (Å²) in [6.45, 7) is 6.45. The van der Waals surface area contributed by atoms with Gasteiger partial charge in [-0.25, -0.2) is 9.98 Å². The van der Waals surface area contributed by atoms with E-state index in [1.165, 1.54) is 0 Å². The first-order chi connectivity index (χ1) is 11.6. The van der Waals surface area contributed by atoms with Gasteiger partial charge in [-0.1, -0.05) is 12.1 Å². The molecule has 1 aliphatic carbocycles. The largest absolute Gasteiger partial charge is 0.360 e. The van der Waals surface area contributed by atoms with Crippen molar-refractivity contribution in [1.82, 2.24) is 20.0 Å². The summed E-state index contributed by atoms with van der Waals surface area (Å²) in [6.07, 6.45) is 3.95. The number of hydrogen-bond acceptors (Lipinski definition) is 5. The maximum Gasteiger partial charge on any atom is 0.299 e. The van der Waals surface area contributed by atoms with E-state index < -0.39 is 0 Å². The van der Waals surface area contributed by atoms with Crippen LogP contribution in [0.4, 0.5) is 0 Å². The summed E-state index contributed by atoms with van der Waals surface area (Å²) >= 11 is 0. The summed E-state index contributed by atoms with van der Waals surface area (Å²) in [5, 5.41) is 3.88. The molecule has 2 aliphatic rings. The van der Waals surface area contributed by atoms with Crippen LogP contribution in [0.15, 0.2) is 21.9 Å². The van der Waals surface area contributed by atoms with Crippen molar-refractivity contribution < 1.29 is 9.32 Å². The quantitative estimate of drug-likeness (QED) is 0.931. The summed E-state index contributed by atoms with van der Waals surface area (Å²) in [4.78, 5) is 26.3. The Balaban J connectivity index is 1.43. The molecule has 24 heavy (non-hydrogen) atoms. The van der Waals surface area contributed by atoms with Crippen molar-refractivity contribution in [2.75, 3.05) is 13.1 Å². The minimum atomic E-state index is -0.301. The van der Waals surface area contributed by atoms with Gasteiger partial charge in [0, 0.05) is 48.9 Å². The molecule has 3 heterocycles. The fourth-order valence-corrected chi connectivity index (χ4v) is 3.10. The Morgan fingerprint density at radius 3 is 3.04 bits per heavy atom. The Morgan fingerprint density at radius 2 is 2.33 bits per heavy atom. The maximum absolute atomic E-state index is 12.3. The number of carbonyl (C=O) groups excluding carboxylic acids is 1. The highest BCUT2D eigenvalue weighted by Crippen LogP contribution is 2.40. The molecule has 0 spiro atoms. The van der Waals surface area contributed by atoms with Gasteiger partial charge in [0.15, 0.2) is 5.69 Å². The van der Waals surface area contributed by atoms with Gasteiger partial charge >= 0.3 is 0 Å². The molecule has 126 valence electrons. The van der Waals surface area contributed by atoms with Gasteiger partial charge in [0.2, 0.25) is 0 Å². The summed E-state index contributed by atoms with van der Waals surface area (Å²) in [5.74, 6) is 1.21. The van der Waals surface area contributed by atoms with E-state index in [0.717, 1.165) is 48.8 Å². The molecule has 1 saturated carbocycles. The van der Waals surface area contributed by atoms with Crippen LogP contribution in [0.2, 0.25) is 0 Å². The molecule has 1 N–H and O–H groups in total. The van der Waals surface area contributed by atoms with E-state index in [0.29, 0.717) is 18.2 Å².